The number of carbonyl (C=O) groups is 1. The lowest BCUT2D eigenvalue weighted by molar-refractivity contribution is 0.0956. The van der Waals surface area contributed by atoms with E-state index in [2.05, 4.69) is 25.3 Å². The Morgan fingerprint density at radius 3 is 2.80 bits per heavy atom. The molecule has 0 atom stereocenters. The lowest BCUT2D eigenvalue weighted by atomic mass is 10.2. The number of benzene rings is 1. The first-order valence-corrected chi connectivity index (χ1v) is 10.5. The van der Waals surface area contributed by atoms with Crippen molar-refractivity contribution in [3.63, 3.8) is 0 Å². The number of aromatic amines is 1. The SMILES string of the molecule is COCc1nc(OC)c2c(C)c(C(=O)NCCCc3nc4ccccc4[nH]3)sc2n1. The molecule has 2 N–H and O–H groups in total. The molecule has 156 valence electrons. The van der Waals surface area contributed by atoms with Gasteiger partial charge in [0.15, 0.2) is 5.82 Å². The Morgan fingerprint density at radius 1 is 1.20 bits per heavy atom. The highest BCUT2D eigenvalue weighted by atomic mass is 32.1. The van der Waals surface area contributed by atoms with Gasteiger partial charge in [-0.2, -0.15) is 4.98 Å². The van der Waals surface area contributed by atoms with Crippen LogP contribution in [0.1, 0.15) is 33.3 Å². The zero-order valence-corrected chi connectivity index (χ0v) is 17.9. The van der Waals surface area contributed by atoms with Crippen LogP contribution in [0, 0.1) is 6.92 Å². The monoisotopic (exact) mass is 425 g/mol. The number of imidazole rings is 1. The summed E-state index contributed by atoms with van der Waals surface area (Å²) >= 11 is 1.34. The second kappa shape index (κ2) is 8.76. The molecule has 0 spiro atoms. The van der Waals surface area contributed by atoms with E-state index in [0.717, 1.165) is 45.5 Å². The predicted octanol–water partition coefficient (Wildman–Crippen LogP) is 3.39. The molecule has 4 rings (SSSR count). The van der Waals surface area contributed by atoms with Gasteiger partial charge in [-0.3, -0.25) is 4.79 Å². The van der Waals surface area contributed by atoms with E-state index in [1.54, 1.807) is 14.2 Å². The molecule has 0 bridgehead atoms. The van der Waals surface area contributed by atoms with Crippen LogP contribution in [0.4, 0.5) is 0 Å². The van der Waals surface area contributed by atoms with E-state index in [1.165, 1.54) is 11.3 Å². The Bertz CT molecular complexity index is 1170. The number of ether oxygens (including phenoxy) is 2. The summed E-state index contributed by atoms with van der Waals surface area (Å²) in [5, 5.41) is 3.77. The summed E-state index contributed by atoms with van der Waals surface area (Å²) in [7, 11) is 3.15. The predicted molar refractivity (Wildman–Crippen MR) is 116 cm³/mol. The standard InChI is InChI=1S/C21H23N5O3S/c1-12-17-20(29-3)25-16(11-28-2)26-21(17)30-18(12)19(27)22-10-6-9-15-23-13-7-4-5-8-14(13)24-15/h4-5,7-8H,6,9-11H2,1-3H3,(H,22,27)(H,23,24). The van der Waals surface area contributed by atoms with E-state index in [9.17, 15) is 4.79 Å². The van der Waals surface area contributed by atoms with Gasteiger partial charge in [-0.1, -0.05) is 12.1 Å². The maximum Gasteiger partial charge on any atom is 0.261 e. The van der Waals surface area contributed by atoms with Crippen molar-refractivity contribution in [3.05, 3.63) is 46.4 Å². The smallest absolute Gasteiger partial charge is 0.261 e. The summed E-state index contributed by atoms with van der Waals surface area (Å²) in [6, 6.07) is 7.94. The van der Waals surface area contributed by atoms with Crippen molar-refractivity contribution in [1.82, 2.24) is 25.3 Å². The quantitative estimate of drug-likeness (QED) is 0.420. The van der Waals surface area contributed by atoms with Gasteiger partial charge in [-0.25, -0.2) is 9.97 Å². The number of para-hydroxylation sites is 2. The first kappa shape index (κ1) is 20.2. The molecule has 0 fully saturated rings. The minimum absolute atomic E-state index is 0.115. The van der Waals surface area contributed by atoms with Crippen molar-refractivity contribution in [2.45, 2.75) is 26.4 Å². The zero-order chi connectivity index (χ0) is 21.1. The van der Waals surface area contributed by atoms with Crippen molar-refractivity contribution in [2.75, 3.05) is 20.8 Å². The molecule has 0 saturated heterocycles. The number of amides is 1. The average molecular weight is 426 g/mol. The third-order valence-electron chi connectivity index (χ3n) is 4.79. The van der Waals surface area contributed by atoms with Gasteiger partial charge in [-0.15, -0.1) is 11.3 Å². The number of methoxy groups -OCH3 is 2. The summed E-state index contributed by atoms with van der Waals surface area (Å²) in [6.45, 7) is 2.73. The highest BCUT2D eigenvalue weighted by Crippen LogP contribution is 2.35. The van der Waals surface area contributed by atoms with Gasteiger partial charge < -0.3 is 19.8 Å². The van der Waals surface area contributed by atoms with Gasteiger partial charge in [0.05, 0.1) is 28.4 Å². The molecule has 1 aromatic carbocycles. The van der Waals surface area contributed by atoms with Crippen molar-refractivity contribution in [3.8, 4) is 5.88 Å². The molecular formula is C21H23N5O3S. The summed E-state index contributed by atoms with van der Waals surface area (Å²) in [4.78, 5) is 30.9. The van der Waals surface area contributed by atoms with Gasteiger partial charge in [-0.05, 0) is 31.0 Å². The highest BCUT2D eigenvalue weighted by Gasteiger charge is 2.21. The maximum absolute atomic E-state index is 12.8. The van der Waals surface area contributed by atoms with Crippen LogP contribution in [0.2, 0.25) is 0 Å². The molecule has 0 aliphatic carbocycles. The largest absolute Gasteiger partial charge is 0.480 e. The van der Waals surface area contributed by atoms with Crippen LogP contribution in [0.15, 0.2) is 24.3 Å². The van der Waals surface area contributed by atoms with Crippen LogP contribution in [0.5, 0.6) is 5.88 Å². The average Bonchev–Trinajstić information content (AvgIpc) is 3.31. The summed E-state index contributed by atoms with van der Waals surface area (Å²) in [5.41, 5.74) is 2.81. The number of nitrogens with zero attached hydrogens (tertiary/aromatic N) is 3. The molecule has 0 aliphatic heterocycles. The normalized spacial score (nSPS) is 11.3. The minimum atomic E-state index is -0.115. The van der Waals surface area contributed by atoms with Crippen LogP contribution in [-0.4, -0.2) is 46.6 Å². The molecule has 0 saturated carbocycles. The first-order valence-electron chi connectivity index (χ1n) is 9.65. The van der Waals surface area contributed by atoms with Gasteiger partial charge in [0.1, 0.15) is 17.3 Å². The van der Waals surface area contributed by atoms with Crippen molar-refractivity contribution >= 4 is 38.5 Å². The molecule has 0 unspecified atom stereocenters. The number of rotatable bonds is 8. The molecule has 8 nitrogen and oxygen atoms in total. The van der Waals surface area contributed by atoms with Gasteiger partial charge in [0.25, 0.3) is 5.91 Å². The summed E-state index contributed by atoms with van der Waals surface area (Å²) in [6.07, 6.45) is 1.55. The molecule has 1 amide bonds. The molecule has 0 aliphatic rings. The van der Waals surface area contributed by atoms with Gasteiger partial charge in [0, 0.05) is 20.1 Å². The third kappa shape index (κ3) is 3.99. The number of H-pyrrole nitrogens is 1. The number of hydrogen-bond acceptors (Lipinski definition) is 7. The fourth-order valence-electron chi connectivity index (χ4n) is 3.36. The second-order valence-electron chi connectivity index (χ2n) is 6.88. The van der Waals surface area contributed by atoms with Crippen molar-refractivity contribution in [1.29, 1.82) is 0 Å². The number of nitrogens with one attached hydrogen (secondary N) is 2. The van der Waals surface area contributed by atoms with Crippen molar-refractivity contribution < 1.29 is 14.3 Å². The van der Waals surface area contributed by atoms with Crippen LogP contribution in [-0.2, 0) is 17.8 Å². The fraction of sp³-hybridized carbons (Fsp3) is 0.333. The summed E-state index contributed by atoms with van der Waals surface area (Å²) in [5.74, 6) is 1.80. The molecule has 4 aromatic rings. The Labute approximate surface area is 177 Å². The maximum atomic E-state index is 12.8. The van der Waals surface area contributed by atoms with Crippen LogP contribution >= 0.6 is 11.3 Å². The van der Waals surface area contributed by atoms with Crippen molar-refractivity contribution in [2.24, 2.45) is 0 Å². The lowest BCUT2D eigenvalue weighted by Gasteiger charge is -2.05. The number of aryl methyl sites for hydroxylation is 2. The van der Waals surface area contributed by atoms with Crippen LogP contribution in [0.3, 0.4) is 0 Å². The molecular weight excluding hydrogens is 402 g/mol. The Morgan fingerprint density at radius 2 is 2.03 bits per heavy atom. The first-order chi connectivity index (χ1) is 14.6. The van der Waals surface area contributed by atoms with Gasteiger partial charge >= 0.3 is 0 Å². The minimum Gasteiger partial charge on any atom is -0.480 e. The topological polar surface area (TPSA) is 102 Å². The van der Waals surface area contributed by atoms with E-state index >= 15 is 0 Å². The Balaban J connectivity index is 1.43. The zero-order valence-electron chi connectivity index (χ0n) is 17.1. The molecule has 3 heterocycles. The highest BCUT2D eigenvalue weighted by molar-refractivity contribution is 7.20. The fourth-order valence-corrected chi connectivity index (χ4v) is 4.47. The van der Waals surface area contributed by atoms with Gasteiger partial charge in [0.2, 0.25) is 5.88 Å². The summed E-state index contributed by atoms with van der Waals surface area (Å²) < 4.78 is 10.5. The number of aromatic nitrogens is 4. The van der Waals surface area contributed by atoms with E-state index in [1.807, 2.05) is 31.2 Å². The molecule has 30 heavy (non-hydrogen) atoms. The van der Waals surface area contributed by atoms with Crippen LogP contribution in [0.25, 0.3) is 21.3 Å². The van der Waals surface area contributed by atoms with E-state index < -0.39 is 0 Å². The van der Waals surface area contributed by atoms with E-state index in [4.69, 9.17) is 9.47 Å². The van der Waals surface area contributed by atoms with Crippen LogP contribution < -0.4 is 10.1 Å². The number of fused-ring (bicyclic) bond motifs is 2. The number of carbonyl (C=O) groups excluding carboxylic acids is 1. The number of thiophene rings is 1. The van der Waals surface area contributed by atoms with E-state index in [0.29, 0.717) is 23.1 Å². The lowest BCUT2D eigenvalue weighted by Crippen LogP contribution is -2.24. The molecule has 9 heteroatoms. The molecule has 0 radical (unpaired) electrons. The number of hydrogen-bond donors (Lipinski definition) is 2. The third-order valence-corrected chi connectivity index (χ3v) is 5.98. The Kier molecular flexibility index (Phi) is 5.91. The second-order valence-corrected chi connectivity index (χ2v) is 7.88. The van der Waals surface area contributed by atoms with E-state index in [-0.39, 0.29) is 12.5 Å². The molecule has 3 aromatic heterocycles. The Hall–Kier alpha value is -3.04.